The molecule has 1 aliphatic rings. The molecule has 15 heavy (non-hydrogen) atoms. The van der Waals surface area contributed by atoms with Crippen LogP contribution in [0.15, 0.2) is 18.2 Å². The molecule has 1 fully saturated rings. The van der Waals surface area contributed by atoms with Gasteiger partial charge in [0.25, 0.3) is 0 Å². The highest BCUT2D eigenvalue weighted by atomic mass is 14.7. The summed E-state index contributed by atoms with van der Waals surface area (Å²) in [4.78, 5) is 0. The zero-order valence-electron chi connectivity index (χ0n) is 10.2. The third-order valence-electron chi connectivity index (χ3n) is 4.06. The fourth-order valence-electron chi connectivity index (χ4n) is 2.98. The Morgan fingerprint density at radius 2 is 1.93 bits per heavy atom. The van der Waals surface area contributed by atoms with Crippen LogP contribution in [0.4, 0.5) is 0 Å². The van der Waals surface area contributed by atoms with Crippen molar-refractivity contribution < 1.29 is 0 Å². The van der Waals surface area contributed by atoms with Gasteiger partial charge in [-0.15, -0.1) is 0 Å². The second-order valence-corrected chi connectivity index (χ2v) is 5.50. The maximum atomic E-state index is 5.82. The molecule has 2 unspecified atom stereocenters. The molecule has 0 heterocycles. The van der Waals surface area contributed by atoms with Crippen LogP contribution in [0.2, 0.25) is 0 Å². The minimum absolute atomic E-state index is 0.398. The van der Waals surface area contributed by atoms with Crippen LogP contribution in [-0.4, -0.2) is 6.54 Å². The van der Waals surface area contributed by atoms with Gasteiger partial charge >= 0.3 is 0 Å². The van der Waals surface area contributed by atoms with Crippen molar-refractivity contribution in [2.24, 2.45) is 17.1 Å². The summed E-state index contributed by atoms with van der Waals surface area (Å²) < 4.78 is 0. The van der Waals surface area contributed by atoms with Gasteiger partial charge in [0.2, 0.25) is 0 Å². The van der Waals surface area contributed by atoms with Gasteiger partial charge in [-0.25, -0.2) is 0 Å². The molecule has 0 aromatic heterocycles. The highest BCUT2D eigenvalue weighted by Gasteiger charge is 2.57. The molecule has 0 spiro atoms. The zero-order valence-corrected chi connectivity index (χ0v) is 10.2. The van der Waals surface area contributed by atoms with Crippen molar-refractivity contribution in [2.75, 3.05) is 6.54 Å². The van der Waals surface area contributed by atoms with E-state index >= 15 is 0 Å². The van der Waals surface area contributed by atoms with E-state index in [0.717, 1.165) is 6.54 Å². The fraction of sp³-hybridized carbons (Fsp3) is 0.571. The van der Waals surface area contributed by atoms with Crippen LogP contribution in [0.3, 0.4) is 0 Å². The lowest BCUT2D eigenvalue weighted by molar-refractivity contribution is 0.558. The van der Waals surface area contributed by atoms with E-state index in [1.807, 2.05) is 0 Å². The van der Waals surface area contributed by atoms with Crippen molar-refractivity contribution in [1.82, 2.24) is 0 Å². The summed E-state index contributed by atoms with van der Waals surface area (Å²) in [6, 6.07) is 6.77. The minimum Gasteiger partial charge on any atom is -0.330 e. The van der Waals surface area contributed by atoms with E-state index in [-0.39, 0.29) is 0 Å². The molecule has 1 aromatic rings. The first-order valence-corrected chi connectivity index (χ1v) is 5.75. The van der Waals surface area contributed by atoms with Gasteiger partial charge in [-0.05, 0) is 48.8 Å². The Kier molecular flexibility index (Phi) is 2.38. The third kappa shape index (κ3) is 1.59. The predicted octanol–water partition coefficient (Wildman–Crippen LogP) is 3.00. The Hall–Kier alpha value is -0.820. The molecule has 0 aliphatic heterocycles. The van der Waals surface area contributed by atoms with Gasteiger partial charge in [0.05, 0.1) is 0 Å². The lowest BCUT2D eigenvalue weighted by atomic mass is 9.97. The van der Waals surface area contributed by atoms with Crippen LogP contribution in [0.25, 0.3) is 0 Å². The van der Waals surface area contributed by atoms with Crippen molar-refractivity contribution in [2.45, 2.75) is 33.6 Å². The van der Waals surface area contributed by atoms with E-state index in [9.17, 15) is 0 Å². The molecule has 2 rings (SSSR count). The van der Waals surface area contributed by atoms with Crippen molar-refractivity contribution >= 4 is 0 Å². The van der Waals surface area contributed by atoms with E-state index in [4.69, 9.17) is 5.73 Å². The number of hydrogen-bond acceptors (Lipinski definition) is 1. The van der Waals surface area contributed by atoms with Gasteiger partial charge in [0, 0.05) is 0 Å². The van der Waals surface area contributed by atoms with E-state index in [2.05, 4.69) is 45.9 Å². The van der Waals surface area contributed by atoms with E-state index in [1.54, 1.807) is 0 Å². The summed E-state index contributed by atoms with van der Waals surface area (Å²) in [6.07, 6.45) is 0. The van der Waals surface area contributed by atoms with Crippen molar-refractivity contribution in [3.05, 3.63) is 34.9 Å². The molecule has 1 nitrogen and oxygen atoms in total. The van der Waals surface area contributed by atoms with Crippen molar-refractivity contribution in [3.63, 3.8) is 0 Å². The van der Waals surface area contributed by atoms with Gasteiger partial charge in [-0.2, -0.15) is 0 Å². The van der Waals surface area contributed by atoms with Gasteiger partial charge in [0.15, 0.2) is 0 Å². The molecule has 0 bridgehead atoms. The van der Waals surface area contributed by atoms with Gasteiger partial charge in [0.1, 0.15) is 0 Å². The van der Waals surface area contributed by atoms with Crippen LogP contribution < -0.4 is 5.73 Å². The average molecular weight is 203 g/mol. The summed E-state index contributed by atoms with van der Waals surface area (Å²) in [5.74, 6) is 1.34. The van der Waals surface area contributed by atoms with Crippen molar-refractivity contribution in [1.29, 1.82) is 0 Å². The molecule has 0 amide bonds. The Labute approximate surface area is 92.7 Å². The lowest BCUT2D eigenvalue weighted by Crippen LogP contribution is -2.05. The number of benzene rings is 1. The Morgan fingerprint density at radius 1 is 1.27 bits per heavy atom. The first-order valence-electron chi connectivity index (χ1n) is 5.75. The maximum Gasteiger partial charge on any atom is -0.00375 e. The Balaban J connectivity index is 2.33. The van der Waals surface area contributed by atoms with Gasteiger partial charge in [-0.1, -0.05) is 37.6 Å². The average Bonchev–Trinajstić information content (AvgIpc) is 2.68. The largest absolute Gasteiger partial charge is 0.330 e. The molecular formula is C14H21N. The lowest BCUT2D eigenvalue weighted by Gasteiger charge is -2.08. The fourth-order valence-corrected chi connectivity index (χ4v) is 2.98. The predicted molar refractivity (Wildman–Crippen MR) is 65.0 cm³/mol. The van der Waals surface area contributed by atoms with E-state index in [0.29, 0.717) is 17.3 Å². The molecule has 1 heteroatoms. The van der Waals surface area contributed by atoms with Crippen LogP contribution in [0.1, 0.15) is 36.5 Å². The zero-order chi connectivity index (χ0) is 11.2. The molecule has 0 saturated heterocycles. The molecule has 1 aliphatic carbocycles. The van der Waals surface area contributed by atoms with Gasteiger partial charge in [-0.3, -0.25) is 0 Å². The molecule has 82 valence electrons. The summed E-state index contributed by atoms with van der Waals surface area (Å²) >= 11 is 0. The SMILES string of the molecule is Cc1ccc(C2C(CN)C2(C)C)c(C)c1. The monoisotopic (exact) mass is 203 g/mol. The topological polar surface area (TPSA) is 26.0 Å². The summed E-state index contributed by atoms with van der Waals surface area (Å²) in [5.41, 5.74) is 10.5. The second kappa shape index (κ2) is 3.34. The Bertz CT molecular complexity index is 379. The minimum atomic E-state index is 0.398. The number of rotatable bonds is 2. The highest BCUT2D eigenvalue weighted by molar-refractivity contribution is 5.39. The van der Waals surface area contributed by atoms with Gasteiger partial charge < -0.3 is 5.73 Å². The first-order chi connectivity index (χ1) is 6.98. The summed E-state index contributed by atoms with van der Waals surface area (Å²) in [6.45, 7) is 9.83. The van der Waals surface area contributed by atoms with Crippen LogP contribution >= 0.6 is 0 Å². The molecular weight excluding hydrogens is 182 g/mol. The quantitative estimate of drug-likeness (QED) is 0.785. The molecule has 1 aromatic carbocycles. The second-order valence-electron chi connectivity index (χ2n) is 5.50. The molecule has 0 radical (unpaired) electrons. The maximum absolute atomic E-state index is 5.82. The normalized spacial score (nSPS) is 27.8. The van der Waals surface area contributed by atoms with E-state index in [1.165, 1.54) is 16.7 Å². The molecule has 2 N–H and O–H groups in total. The number of aryl methyl sites for hydroxylation is 2. The summed E-state index contributed by atoms with van der Waals surface area (Å²) in [5, 5.41) is 0. The Morgan fingerprint density at radius 3 is 2.40 bits per heavy atom. The molecule has 2 atom stereocenters. The van der Waals surface area contributed by atoms with Crippen LogP contribution in [0.5, 0.6) is 0 Å². The number of hydrogen-bond donors (Lipinski definition) is 1. The standard InChI is InChI=1S/C14H21N/c1-9-5-6-11(10(2)7-9)13-12(8-15)14(13,3)4/h5-7,12-13H,8,15H2,1-4H3. The van der Waals surface area contributed by atoms with Crippen LogP contribution in [0, 0.1) is 25.2 Å². The van der Waals surface area contributed by atoms with Crippen LogP contribution in [-0.2, 0) is 0 Å². The van der Waals surface area contributed by atoms with Crippen molar-refractivity contribution in [3.8, 4) is 0 Å². The first kappa shape index (κ1) is 10.7. The smallest absolute Gasteiger partial charge is 0.00375 e. The van der Waals surface area contributed by atoms with E-state index < -0.39 is 0 Å². The summed E-state index contributed by atoms with van der Waals surface area (Å²) in [7, 11) is 0. The molecule has 1 saturated carbocycles. The third-order valence-corrected chi connectivity index (χ3v) is 4.06. The highest BCUT2D eigenvalue weighted by Crippen LogP contribution is 2.64. The number of nitrogens with two attached hydrogens (primary N) is 1.